The van der Waals surface area contributed by atoms with Crippen molar-refractivity contribution in [3.8, 4) is 0 Å². The average Bonchev–Trinajstić information content (AvgIpc) is 2.58. The van der Waals surface area contributed by atoms with Gasteiger partial charge in [-0.05, 0) is 63.6 Å². The van der Waals surface area contributed by atoms with Crippen molar-refractivity contribution < 1.29 is 0 Å². The van der Waals surface area contributed by atoms with Crippen LogP contribution in [-0.4, -0.2) is 12.8 Å². The van der Waals surface area contributed by atoms with E-state index >= 15 is 0 Å². The molecule has 0 saturated heterocycles. The zero-order valence-corrected chi connectivity index (χ0v) is 28.9. The lowest BCUT2D eigenvalue weighted by molar-refractivity contribution is 0.0832. The molecular formula is C36H69N. The summed E-state index contributed by atoms with van der Waals surface area (Å²) in [5, 5.41) is 0. The molecule has 0 fully saturated rings. The van der Waals surface area contributed by atoms with Crippen molar-refractivity contribution in [3.63, 3.8) is 0 Å². The van der Waals surface area contributed by atoms with Crippen LogP contribution in [0, 0.1) is 43.3 Å². The fourth-order valence-electron chi connectivity index (χ4n) is 5.82. The van der Waals surface area contributed by atoms with Crippen LogP contribution in [0.15, 0.2) is 29.3 Å². The van der Waals surface area contributed by atoms with Crippen molar-refractivity contribution in [2.45, 2.75) is 150 Å². The molecule has 218 valence electrons. The molecule has 0 aliphatic rings. The summed E-state index contributed by atoms with van der Waals surface area (Å²) in [6.45, 7) is 43.4. The van der Waals surface area contributed by atoms with Crippen LogP contribution in [0.1, 0.15) is 150 Å². The fourth-order valence-corrected chi connectivity index (χ4v) is 5.82. The molecular weight excluding hydrogens is 446 g/mol. The van der Waals surface area contributed by atoms with Crippen LogP contribution < -0.4 is 0 Å². The first-order valence-electron chi connectivity index (χ1n) is 14.9. The minimum absolute atomic E-state index is 0.137. The Kier molecular flexibility index (Phi) is 11.8. The van der Waals surface area contributed by atoms with Gasteiger partial charge in [-0.1, -0.05) is 149 Å². The molecule has 0 heterocycles. The Hall–Kier alpha value is -0.850. The van der Waals surface area contributed by atoms with E-state index in [4.69, 9.17) is 4.99 Å². The van der Waals surface area contributed by atoms with Gasteiger partial charge in [-0.3, -0.25) is 4.99 Å². The van der Waals surface area contributed by atoms with E-state index in [1.807, 2.05) is 0 Å². The Morgan fingerprint density at radius 2 is 0.811 bits per heavy atom. The van der Waals surface area contributed by atoms with Gasteiger partial charge >= 0.3 is 0 Å². The van der Waals surface area contributed by atoms with Gasteiger partial charge in [0.1, 0.15) is 0 Å². The maximum absolute atomic E-state index is 4.84. The molecule has 0 rings (SSSR count). The zero-order chi connectivity index (χ0) is 29.8. The van der Waals surface area contributed by atoms with Gasteiger partial charge in [-0.15, -0.1) is 0 Å². The summed E-state index contributed by atoms with van der Waals surface area (Å²) in [4.78, 5) is 4.84. The molecule has 0 saturated carbocycles. The number of hydrogen-bond acceptors (Lipinski definition) is 1. The third-order valence-corrected chi connectivity index (χ3v) is 8.12. The molecule has 1 nitrogen and oxygen atoms in total. The van der Waals surface area contributed by atoms with Crippen molar-refractivity contribution in [1.82, 2.24) is 0 Å². The molecule has 0 N–H and O–H groups in total. The van der Waals surface area contributed by atoms with E-state index in [0.29, 0.717) is 10.8 Å². The lowest BCUT2D eigenvalue weighted by Crippen LogP contribution is -2.34. The van der Waals surface area contributed by atoms with E-state index in [-0.39, 0.29) is 32.5 Å². The molecule has 37 heavy (non-hydrogen) atoms. The van der Waals surface area contributed by atoms with Crippen LogP contribution in [0.2, 0.25) is 0 Å². The summed E-state index contributed by atoms with van der Waals surface area (Å²) >= 11 is 0. The topological polar surface area (TPSA) is 12.4 Å². The Labute approximate surface area is 235 Å². The molecule has 1 heteroatoms. The molecule has 0 amide bonds. The first kappa shape index (κ1) is 36.1. The van der Waals surface area contributed by atoms with Crippen molar-refractivity contribution >= 4 is 6.21 Å². The molecule has 0 radical (unpaired) electrons. The Bertz CT molecular complexity index is 780. The van der Waals surface area contributed by atoms with Gasteiger partial charge in [0.2, 0.25) is 0 Å². The summed E-state index contributed by atoms with van der Waals surface area (Å²) in [5.74, 6) is 0. The SMILES string of the molecule is CC(C)(C)CC(C)(C)/C=N\CCC(C)(C)/C=C\C(C)(C)CC(C)(C)/C=C\C(C)(C)CC(C)(C)C(C)(C)C. The minimum Gasteiger partial charge on any atom is -0.297 e. The smallest absolute Gasteiger partial charge is 0.0393 e. The highest BCUT2D eigenvalue weighted by Gasteiger charge is 2.37. The van der Waals surface area contributed by atoms with Gasteiger partial charge in [0, 0.05) is 18.2 Å². The highest BCUT2D eigenvalue weighted by molar-refractivity contribution is 5.64. The van der Waals surface area contributed by atoms with Gasteiger partial charge in [0.25, 0.3) is 0 Å². The van der Waals surface area contributed by atoms with E-state index in [2.05, 4.69) is 155 Å². The van der Waals surface area contributed by atoms with Crippen LogP contribution in [0.3, 0.4) is 0 Å². The first-order valence-corrected chi connectivity index (χ1v) is 14.9. The van der Waals surface area contributed by atoms with E-state index in [1.165, 1.54) is 6.42 Å². The van der Waals surface area contributed by atoms with Crippen molar-refractivity contribution in [2.75, 3.05) is 6.54 Å². The quantitative estimate of drug-likeness (QED) is 0.171. The Morgan fingerprint density at radius 1 is 0.432 bits per heavy atom. The highest BCUT2D eigenvalue weighted by atomic mass is 14.7. The number of hydrogen-bond donors (Lipinski definition) is 0. The lowest BCUT2D eigenvalue weighted by atomic mass is 9.62. The molecule has 0 unspecified atom stereocenters. The standard InChI is InChI=1S/C36H69N/c1-29(2,3)25-35(15,16)28-37-24-23-31(7,8)19-20-32(9,10)26-33(11,12)21-22-34(13,14)27-36(17,18)30(4,5)6/h19-22,28H,23-27H2,1-18H3/b20-19-,22-21-,37-28-. The third-order valence-electron chi connectivity index (χ3n) is 8.12. The summed E-state index contributed by atoms with van der Waals surface area (Å²) in [5.41, 5.74) is 1.65. The second-order valence-corrected chi connectivity index (χ2v) is 18.6. The zero-order valence-electron chi connectivity index (χ0n) is 28.9. The summed E-state index contributed by atoms with van der Waals surface area (Å²) < 4.78 is 0. The summed E-state index contributed by atoms with van der Waals surface area (Å²) in [6, 6.07) is 0. The molecule has 0 aromatic carbocycles. The fraction of sp³-hybridized carbons (Fsp3) is 0.861. The number of aliphatic imine (C=N–C) groups is 1. The Balaban J connectivity index is 5.18. The second kappa shape index (κ2) is 12.1. The number of nitrogens with zero attached hydrogens (tertiary/aromatic N) is 1. The van der Waals surface area contributed by atoms with Crippen LogP contribution >= 0.6 is 0 Å². The van der Waals surface area contributed by atoms with E-state index in [9.17, 15) is 0 Å². The first-order chi connectivity index (χ1) is 16.0. The van der Waals surface area contributed by atoms with E-state index in [0.717, 1.165) is 25.8 Å². The van der Waals surface area contributed by atoms with Gasteiger partial charge < -0.3 is 0 Å². The van der Waals surface area contributed by atoms with Gasteiger partial charge in [0.05, 0.1) is 0 Å². The largest absolute Gasteiger partial charge is 0.297 e. The van der Waals surface area contributed by atoms with E-state index in [1.54, 1.807) is 0 Å². The molecule has 0 bridgehead atoms. The van der Waals surface area contributed by atoms with Crippen LogP contribution in [0.5, 0.6) is 0 Å². The van der Waals surface area contributed by atoms with E-state index < -0.39 is 0 Å². The van der Waals surface area contributed by atoms with Gasteiger partial charge in [-0.2, -0.15) is 0 Å². The van der Waals surface area contributed by atoms with Crippen LogP contribution in [0.4, 0.5) is 0 Å². The highest BCUT2D eigenvalue weighted by Crippen LogP contribution is 2.47. The van der Waals surface area contributed by atoms with Crippen molar-refractivity contribution in [2.24, 2.45) is 48.3 Å². The Morgan fingerprint density at radius 3 is 1.19 bits per heavy atom. The average molecular weight is 516 g/mol. The molecule has 0 atom stereocenters. The lowest BCUT2D eigenvalue weighted by Gasteiger charge is -2.43. The van der Waals surface area contributed by atoms with Crippen LogP contribution in [0.25, 0.3) is 0 Å². The maximum Gasteiger partial charge on any atom is 0.0393 e. The van der Waals surface area contributed by atoms with Crippen LogP contribution in [-0.2, 0) is 0 Å². The summed E-state index contributed by atoms with van der Waals surface area (Å²) in [7, 11) is 0. The molecule has 0 aliphatic heterocycles. The maximum atomic E-state index is 4.84. The molecule has 0 aromatic rings. The molecule has 0 spiro atoms. The third kappa shape index (κ3) is 16.0. The monoisotopic (exact) mass is 516 g/mol. The normalized spacial score (nSPS) is 16.1. The summed E-state index contributed by atoms with van der Waals surface area (Å²) in [6.07, 6.45) is 16.6. The second-order valence-electron chi connectivity index (χ2n) is 18.6. The predicted molar refractivity (Wildman–Crippen MR) is 172 cm³/mol. The number of rotatable bonds is 13. The molecule has 0 aliphatic carbocycles. The number of allylic oxidation sites excluding steroid dienone is 4. The molecule has 0 aromatic heterocycles. The van der Waals surface area contributed by atoms with Gasteiger partial charge in [0.15, 0.2) is 0 Å². The van der Waals surface area contributed by atoms with Crippen molar-refractivity contribution in [3.05, 3.63) is 24.3 Å². The predicted octanol–water partition coefficient (Wildman–Crippen LogP) is 12.0. The van der Waals surface area contributed by atoms with Gasteiger partial charge in [-0.25, -0.2) is 0 Å². The minimum atomic E-state index is 0.137. The van der Waals surface area contributed by atoms with Crippen molar-refractivity contribution in [1.29, 1.82) is 0 Å².